The van der Waals surface area contributed by atoms with Gasteiger partial charge in [-0.2, -0.15) is 0 Å². The van der Waals surface area contributed by atoms with Crippen LogP contribution in [-0.2, 0) is 6.42 Å². The zero-order chi connectivity index (χ0) is 12.1. The summed E-state index contributed by atoms with van der Waals surface area (Å²) in [6.07, 6.45) is 1.96. The van der Waals surface area contributed by atoms with Crippen LogP contribution in [0.15, 0.2) is 18.2 Å². The highest BCUT2D eigenvalue weighted by Gasteiger charge is 2.11. The summed E-state index contributed by atoms with van der Waals surface area (Å²) in [5.41, 5.74) is 1.09. The topological polar surface area (TPSA) is 12.0 Å². The molecule has 3 heteroatoms. The third-order valence-electron chi connectivity index (χ3n) is 2.90. The standard InChI is InChI=1S/C13H19ClFN/c1-9(2)13(16-3)7-5-10-4-6-12(15)11(14)8-10/h4,6,8-9,13,16H,5,7H2,1-3H3. The Kier molecular flexibility index (Phi) is 5.23. The molecule has 0 aliphatic rings. The lowest BCUT2D eigenvalue weighted by atomic mass is 9.97. The van der Waals surface area contributed by atoms with Crippen LogP contribution >= 0.6 is 11.6 Å². The Morgan fingerprint density at radius 3 is 2.56 bits per heavy atom. The Balaban J connectivity index is 2.57. The highest BCUT2D eigenvalue weighted by atomic mass is 35.5. The van der Waals surface area contributed by atoms with E-state index in [0.29, 0.717) is 12.0 Å². The fraction of sp³-hybridized carbons (Fsp3) is 0.538. The number of hydrogen-bond acceptors (Lipinski definition) is 1. The first-order valence-electron chi connectivity index (χ1n) is 5.65. The second-order valence-electron chi connectivity index (χ2n) is 4.43. The summed E-state index contributed by atoms with van der Waals surface area (Å²) in [5, 5.41) is 3.50. The lowest BCUT2D eigenvalue weighted by Gasteiger charge is -2.20. The predicted octanol–water partition coefficient (Wildman–Crippen LogP) is 3.66. The first kappa shape index (κ1) is 13.5. The van der Waals surface area contributed by atoms with Crippen molar-refractivity contribution in [1.82, 2.24) is 5.32 Å². The van der Waals surface area contributed by atoms with Gasteiger partial charge in [-0.15, -0.1) is 0 Å². The summed E-state index contributed by atoms with van der Waals surface area (Å²) in [6.45, 7) is 4.39. The molecule has 0 saturated carbocycles. The van der Waals surface area contributed by atoms with Gasteiger partial charge < -0.3 is 5.32 Å². The van der Waals surface area contributed by atoms with Crippen LogP contribution in [0.5, 0.6) is 0 Å². The first-order valence-corrected chi connectivity index (χ1v) is 6.03. The summed E-state index contributed by atoms with van der Waals surface area (Å²) in [5.74, 6) is 0.250. The maximum atomic E-state index is 12.9. The van der Waals surface area contributed by atoms with Crippen LogP contribution in [0, 0.1) is 11.7 Å². The van der Waals surface area contributed by atoms with E-state index < -0.39 is 0 Å². The second-order valence-corrected chi connectivity index (χ2v) is 4.83. The molecule has 90 valence electrons. The molecule has 0 saturated heterocycles. The molecule has 1 nitrogen and oxygen atoms in total. The van der Waals surface area contributed by atoms with Crippen molar-refractivity contribution < 1.29 is 4.39 Å². The molecule has 0 heterocycles. The molecule has 0 aromatic heterocycles. The van der Waals surface area contributed by atoms with Crippen molar-refractivity contribution in [3.8, 4) is 0 Å². The van der Waals surface area contributed by atoms with Crippen molar-refractivity contribution in [3.63, 3.8) is 0 Å². The van der Waals surface area contributed by atoms with Gasteiger partial charge in [0.25, 0.3) is 0 Å². The van der Waals surface area contributed by atoms with Crippen molar-refractivity contribution in [2.45, 2.75) is 32.7 Å². The first-order chi connectivity index (χ1) is 7.54. The van der Waals surface area contributed by atoms with Gasteiger partial charge in [0.2, 0.25) is 0 Å². The molecule has 1 atom stereocenters. The zero-order valence-electron chi connectivity index (χ0n) is 10.1. The highest BCUT2D eigenvalue weighted by molar-refractivity contribution is 6.30. The summed E-state index contributed by atoms with van der Waals surface area (Å²) in [4.78, 5) is 0. The smallest absolute Gasteiger partial charge is 0.141 e. The van der Waals surface area contributed by atoms with Crippen molar-refractivity contribution in [2.75, 3.05) is 7.05 Å². The number of hydrogen-bond donors (Lipinski definition) is 1. The van der Waals surface area contributed by atoms with Crippen LogP contribution in [0.25, 0.3) is 0 Å². The Labute approximate surface area is 102 Å². The molecule has 0 radical (unpaired) electrons. The van der Waals surface area contributed by atoms with Gasteiger partial charge in [-0.1, -0.05) is 31.5 Å². The van der Waals surface area contributed by atoms with E-state index in [2.05, 4.69) is 19.2 Å². The normalized spacial score (nSPS) is 13.1. The molecule has 0 fully saturated rings. The van der Waals surface area contributed by atoms with Crippen molar-refractivity contribution >= 4 is 11.6 Å². The molecule has 16 heavy (non-hydrogen) atoms. The lowest BCUT2D eigenvalue weighted by molar-refractivity contribution is 0.403. The van der Waals surface area contributed by atoms with Crippen molar-refractivity contribution in [1.29, 1.82) is 0 Å². The predicted molar refractivity (Wildman–Crippen MR) is 67.4 cm³/mol. The van der Waals surface area contributed by atoms with Crippen LogP contribution < -0.4 is 5.32 Å². The summed E-state index contributed by atoms with van der Waals surface area (Å²) in [7, 11) is 1.97. The molecular weight excluding hydrogens is 225 g/mol. The molecule has 1 aromatic carbocycles. The quantitative estimate of drug-likeness (QED) is 0.832. The SMILES string of the molecule is CNC(CCc1ccc(F)c(Cl)c1)C(C)C. The monoisotopic (exact) mass is 243 g/mol. The minimum Gasteiger partial charge on any atom is -0.317 e. The summed E-state index contributed by atoms with van der Waals surface area (Å²) >= 11 is 5.73. The average Bonchev–Trinajstić information content (AvgIpc) is 2.23. The Morgan fingerprint density at radius 1 is 1.38 bits per heavy atom. The van der Waals surface area contributed by atoms with Crippen LogP contribution in [0.3, 0.4) is 0 Å². The van der Waals surface area contributed by atoms with Crippen LogP contribution in [0.4, 0.5) is 4.39 Å². The van der Waals surface area contributed by atoms with Crippen LogP contribution in [-0.4, -0.2) is 13.1 Å². The fourth-order valence-electron chi connectivity index (χ4n) is 1.83. The molecule has 1 unspecified atom stereocenters. The number of halogens is 2. The molecule has 1 aromatic rings. The average molecular weight is 244 g/mol. The van der Waals surface area contributed by atoms with E-state index >= 15 is 0 Å². The molecule has 0 aliphatic heterocycles. The van der Waals surface area contributed by atoms with E-state index in [9.17, 15) is 4.39 Å². The molecule has 0 amide bonds. The number of rotatable bonds is 5. The van der Waals surface area contributed by atoms with Crippen molar-refractivity contribution in [2.24, 2.45) is 5.92 Å². The summed E-state index contributed by atoms with van der Waals surface area (Å²) in [6, 6.07) is 5.43. The third-order valence-corrected chi connectivity index (χ3v) is 3.19. The Hall–Kier alpha value is -0.600. The van der Waals surface area contributed by atoms with Gasteiger partial charge >= 0.3 is 0 Å². The van der Waals surface area contributed by atoms with E-state index in [0.717, 1.165) is 18.4 Å². The Bertz CT molecular complexity index is 339. The largest absolute Gasteiger partial charge is 0.317 e. The van der Waals surface area contributed by atoms with Gasteiger partial charge in [-0.3, -0.25) is 0 Å². The zero-order valence-corrected chi connectivity index (χ0v) is 10.8. The van der Waals surface area contributed by atoms with Crippen LogP contribution in [0.2, 0.25) is 5.02 Å². The molecule has 1 rings (SSSR count). The van der Waals surface area contributed by atoms with E-state index in [-0.39, 0.29) is 10.8 Å². The Morgan fingerprint density at radius 2 is 2.06 bits per heavy atom. The summed E-state index contributed by atoms with van der Waals surface area (Å²) < 4.78 is 12.9. The van der Waals surface area contributed by atoms with Gasteiger partial charge in [-0.25, -0.2) is 4.39 Å². The van der Waals surface area contributed by atoms with Gasteiger partial charge in [0.05, 0.1) is 5.02 Å². The van der Waals surface area contributed by atoms with Gasteiger partial charge in [0, 0.05) is 6.04 Å². The number of aryl methyl sites for hydroxylation is 1. The highest BCUT2D eigenvalue weighted by Crippen LogP contribution is 2.18. The molecule has 0 bridgehead atoms. The minimum absolute atomic E-state index is 0.211. The van der Waals surface area contributed by atoms with E-state index in [4.69, 9.17) is 11.6 Å². The second kappa shape index (κ2) is 6.21. The van der Waals surface area contributed by atoms with E-state index in [1.807, 2.05) is 7.05 Å². The van der Waals surface area contributed by atoms with Gasteiger partial charge in [0.15, 0.2) is 0 Å². The van der Waals surface area contributed by atoms with Crippen molar-refractivity contribution in [3.05, 3.63) is 34.6 Å². The minimum atomic E-state index is -0.348. The van der Waals surface area contributed by atoms with E-state index in [1.54, 1.807) is 12.1 Å². The molecule has 0 aliphatic carbocycles. The molecule has 0 spiro atoms. The lowest BCUT2D eigenvalue weighted by Crippen LogP contribution is -2.30. The van der Waals surface area contributed by atoms with Crippen LogP contribution in [0.1, 0.15) is 25.8 Å². The fourth-order valence-corrected chi connectivity index (χ4v) is 2.03. The van der Waals surface area contributed by atoms with E-state index in [1.165, 1.54) is 6.07 Å². The maximum Gasteiger partial charge on any atom is 0.141 e. The molecular formula is C13H19ClFN. The third kappa shape index (κ3) is 3.76. The van der Waals surface area contributed by atoms with Gasteiger partial charge in [0.1, 0.15) is 5.82 Å². The maximum absolute atomic E-state index is 12.9. The number of nitrogens with one attached hydrogen (secondary N) is 1. The van der Waals surface area contributed by atoms with Gasteiger partial charge in [-0.05, 0) is 43.5 Å². The number of benzene rings is 1. The molecule has 1 N–H and O–H groups in total.